The molecule has 0 aromatic heterocycles. The second-order valence-corrected chi connectivity index (χ2v) is 4.62. The zero-order valence-electron chi connectivity index (χ0n) is 12.1. The van der Waals surface area contributed by atoms with E-state index < -0.39 is 24.5 Å². The van der Waals surface area contributed by atoms with Crippen molar-refractivity contribution in [2.24, 2.45) is 0 Å². The number of hydrogen-bond donors (Lipinski definition) is 2. The smallest absolute Gasteiger partial charge is 0.330 e. The molecule has 2 aromatic carbocycles. The molecule has 6 nitrogen and oxygen atoms in total. The van der Waals surface area contributed by atoms with Crippen LogP contribution in [0.15, 0.2) is 42.5 Å². The van der Waals surface area contributed by atoms with Crippen molar-refractivity contribution in [3.8, 4) is 5.75 Å². The van der Waals surface area contributed by atoms with E-state index in [1.807, 2.05) is 36.4 Å². The van der Waals surface area contributed by atoms with E-state index in [0.29, 0.717) is 5.75 Å². The number of methoxy groups -OCH3 is 1. The van der Waals surface area contributed by atoms with Gasteiger partial charge < -0.3 is 19.9 Å². The Bertz CT molecular complexity index is 670. The largest absolute Gasteiger partial charge is 0.484 e. The number of nitrogens with one attached hydrogen (secondary N) is 1. The normalized spacial score (nSPS) is 11.7. The molecule has 0 aliphatic rings. The van der Waals surface area contributed by atoms with E-state index >= 15 is 0 Å². The van der Waals surface area contributed by atoms with Crippen molar-refractivity contribution in [3.05, 3.63) is 42.5 Å². The Morgan fingerprint density at radius 3 is 2.59 bits per heavy atom. The second kappa shape index (κ2) is 7.42. The summed E-state index contributed by atoms with van der Waals surface area (Å²) in [6.45, 7) is -0.791. The van der Waals surface area contributed by atoms with E-state index in [0.717, 1.165) is 10.8 Å². The molecule has 2 N–H and O–H groups in total. The van der Waals surface area contributed by atoms with Gasteiger partial charge >= 0.3 is 5.97 Å². The summed E-state index contributed by atoms with van der Waals surface area (Å²) < 4.78 is 9.85. The molecular formula is C16H17NO5. The third-order valence-corrected chi connectivity index (χ3v) is 3.09. The summed E-state index contributed by atoms with van der Waals surface area (Å²) >= 11 is 0. The van der Waals surface area contributed by atoms with Gasteiger partial charge in [-0.1, -0.05) is 30.3 Å². The monoisotopic (exact) mass is 303 g/mol. The van der Waals surface area contributed by atoms with Crippen molar-refractivity contribution >= 4 is 22.6 Å². The van der Waals surface area contributed by atoms with Gasteiger partial charge in [-0.15, -0.1) is 0 Å². The number of amides is 1. The third kappa shape index (κ3) is 3.95. The molecule has 0 heterocycles. The Balaban J connectivity index is 1.93. The first-order valence-electron chi connectivity index (χ1n) is 6.73. The van der Waals surface area contributed by atoms with Crippen LogP contribution >= 0.6 is 0 Å². The SMILES string of the molecule is COC(=O)[C@@H](CO)NC(=O)COc1ccc2ccccc2c1. The molecule has 2 rings (SSSR count). The molecule has 0 saturated heterocycles. The Hall–Kier alpha value is -2.60. The van der Waals surface area contributed by atoms with Gasteiger partial charge in [0.15, 0.2) is 12.6 Å². The van der Waals surface area contributed by atoms with Crippen LogP contribution in [0.2, 0.25) is 0 Å². The number of ether oxygens (including phenoxy) is 2. The molecule has 1 amide bonds. The quantitative estimate of drug-likeness (QED) is 0.774. The minimum atomic E-state index is -1.09. The van der Waals surface area contributed by atoms with E-state index in [9.17, 15) is 9.59 Å². The van der Waals surface area contributed by atoms with E-state index in [4.69, 9.17) is 9.84 Å². The van der Waals surface area contributed by atoms with Crippen molar-refractivity contribution < 1.29 is 24.2 Å². The fourth-order valence-electron chi connectivity index (χ4n) is 1.96. The van der Waals surface area contributed by atoms with Crippen molar-refractivity contribution in [2.45, 2.75) is 6.04 Å². The molecule has 0 aliphatic carbocycles. The van der Waals surface area contributed by atoms with E-state index in [1.165, 1.54) is 7.11 Å². The number of carbonyl (C=O) groups excluding carboxylic acids is 2. The molecule has 0 spiro atoms. The van der Waals surface area contributed by atoms with Crippen molar-refractivity contribution in [1.82, 2.24) is 5.32 Å². The summed E-state index contributed by atoms with van der Waals surface area (Å²) in [7, 11) is 1.18. The predicted molar refractivity (Wildman–Crippen MR) is 80.5 cm³/mol. The Kier molecular flexibility index (Phi) is 5.32. The molecule has 0 aliphatic heterocycles. The first kappa shape index (κ1) is 15.8. The molecule has 2 aromatic rings. The van der Waals surface area contributed by atoms with Gasteiger partial charge in [-0.3, -0.25) is 4.79 Å². The fraction of sp³-hybridized carbons (Fsp3) is 0.250. The average Bonchev–Trinajstić information content (AvgIpc) is 2.56. The zero-order chi connectivity index (χ0) is 15.9. The van der Waals surface area contributed by atoms with Gasteiger partial charge in [0.2, 0.25) is 0 Å². The van der Waals surface area contributed by atoms with Gasteiger partial charge in [-0.25, -0.2) is 4.79 Å². The molecule has 116 valence electrons. The maximum absolute atomic E-state index is 11.7. The highest BCUT2D eigenvalue weighted by atomic mass is 16.5. The van der Waals surface area contributed by atoms with Crippen molar-refractivity contribution in [1.29, 1.82) is 0 Å². The van der Waals surface area contributed by atoms with Crippen LogP contribution in [0.25, 0.3) is 10.8 Å². The number of aliphatic hydroxyl groups excluding tert-OH is 1. The topological polar surface area (TPSA) is 84.9 Å². The lowest BCUT2D eigenvalue weighted by Crippen LogP contribution is -2.45. The molecule has 0 radical (unpaired) electrons. The third-order valence-electron chi connectivity index (χ3n) is 3.09. The summed E-state index contributed by atoms with van der Waals surface area (Å²) in [6.07, 6.45) is 0. The number of fused-ring (bicyclic) bond motifs is 1. The Labute approximate surface area is 127 Å². The second-order valence-electron chi connectivity index (χ2n) is 4.62. The zero-order valence-corrected chi connectivity index (χ0v) is 12.1. The van der Waals surface area contributed by atoms with Crippen molar-refractivity contribution in [2.75, 3.05) is 20.3 Å². The number of carbonyl (C=O) groups is 2. The van der Waals surface area contributed by atoms with Gasteiger partial charge in [-0.05, 0) is 22.9 Å². The highest BCUT2D eigenvalue weighted by Crippen LogP contribution is 2.20. The first-order chi connectivity index (χ1) is 10.6. The summed E-state index contributed by atoms with van der Waals surface area (Å²) in [5.41, 5.74) is 0. The number of esters is 1. The van der Waals surface area contributed by atoms with Crippen LogP contribution in [0.5, 0.6) is 5.75 Å². The molecule has 0 unspecified atom stereocenters. The Morgan fingerprint density at radius 1 is 1.18 bits per heavy atom. The van der Waals surface area contributed by atoms with Crippen LogP contribution in [-0.2, 0) is 14.3 Å². The van der Waals surface area contributed by atoms with Crippen LogP contribution in [0.4, 0.5) is 0 Å². The highest BCUT2D eigenvalue weighted by molar-refractivity contribution is 5.86. The Morgan fingerprint density at radius 2 is 1.91 bits per heavy atom. The maximum Gasteiger partial charge on any atom is 0.330 e. The minimum Gasteiger partial charge on any atom is -0.484 e. The van der Waals surface area contributed by atoms with E-state index in [1.54, 1.807) is 6.07 Å². The first-order valence-corrected chi connectivity index (χ1v) is 6.73. The van der Waals surface area contributed by atoms with Gasteiger partial charge in [-0.2, -0.15) is 0 Å². The lowest BCUT2D eigenvalue weighted by Gasteiger charge is -2.14. The summed E-state index contributed by atoms with van der Waals surface area (Å²) in [5, 5.41) is 13.4. The molecular weight excluding hydrogens is 286 g/mol. The molecule has 0 saturated carbocycles. The van der Waals surface area contributed by atoms with Gasteiger partial charge in [0.05, 0.1) is 13.7 Å². The number of aliphatic hydroxyl groups is 1. The number of hydrogen-bond acceptors (Lipinski definition) is 5. The van der Waals surface area contributed by atoms with Crippen LogP contribution in [-0.4, -0.2) is 43.3 Å². The molecule has 0 fully saturated rings. The number of benzene rings is 2. The minimum absolute atomic E-state index is 0.258. The van der Waals surface area contributed by atoms with Crippen LogP contribution < -0.4 is 10.1 Å². The summed E-state index contributed by atoms with van der Waals surface area (Å²) in [4.78, 5) is 23.0. The molecule has 1 atom stereocenters. The van der Waals surface area contributed by atoms with Crippen molar-refractivity contribution in [3.63, 3.8) is 0 Å². The summed E-state index contributed by atoms with van der Waals surface area (Å²) in [6, 6.07) is 12.2. The lowest BCUT2D eigenvalue weighted by molar-refractivity contribution is -0.146. The fourth-order valence-corrected chi connectivity index (χ4v) is 1.96. The predicted octanol–water partition coefficient (Wildman–Crippen LogP) is 0.869. The van der Waals surface area contributed by atoms with Gasteiger partial charge in [0.25, 0.3) is 5.91 Å². The van der Waals surface area contributed by atoms with Crippen LogP contribution in [0.3, 0.4) is 0 Å². The lowest BCUT2D eigenvalue weighted by atomic mass is 10.1. The summed E-state index contributed by atoms with van der Waals surface area (Å²) in [5.74, 6) is -0.674. The molecule has 0 bridgehead atoms. The average molecular weight is 303 g/mol. The van der Waals surface area contributed by atoms with Crippen LogP contribution in [0.1, 0.15) is 0 Å². The van der Waals surface area contributed by atoms with Gasteiger partial charge in [0, 0.05) is 0 Å². The molecule has 22 heavy (non-hydrogen) atoms. The van der Waals surface area contributed by atoms with E-state index in [-0.39, 0.29) is 6.61 Å². The van der Waals surface area contributed by atoms with E-state index in [2.05, 4.69) is 10.1 Å². The molecule has 6 heteroatoms. The standard InChI is InChI=1S/C16H17NO5/c1-21-16(20)14(9-18)17-15(19)10-22-13-7-6-11-4-2-3-5-12(11)8-13/h2-8,14,18H,9-10H2,1H3,(H,17,19)/t14-/m1/s1. The number of rotatable bonds is 6. The highest BCUT2D eigenvalue weighted by Gasteiger charge is 2.20. The maximum atomic E-state index is 11.7. The van der Waals surface area contributed by atoms with Crippen LogP contribution in [0, 0.1) is 0 Å². The van der Waals surface area contributed by atoms with Gasteiger partial charge in [0.1, 0.15) is 5.75 Å².